The Bertz CT molecular complexity index is 1030. The highest BCUT2D eigenvalue weighted by molar-refractivity contribution is 5.85. The molecule has 6 nitrogen and oxygen atoms in total. The second kappa shape index (κ2) is 10.6. The molecule has 1 aliphatic heterocycles. The minimum absolute atomic E-state index is 0. The zero-order chi connectivity index (χ0) is 23.7. The van der Waals surface area contributed by atoms with E-state index in [4.69, 9.17) is 4.74 Å². The van der Waals surface area contributed by atoms with E-state index in [9.17, 15) is 14.7 Å². The molecule has 1 saturated heterocycles. The molecule has 5 rings (SSSR count). The summed E-state index contributed by atoms with van der Waals surface area (Å²) in [5.41, 5.74) is 5.02. The van der Waals surface area contributed by atoms with Crippen LogP contribution in [0, 0.1) is 5.41 Å². The number of fused-ring (bicyclic) bond motifs is 5. The van der Waals surface area contributed by atoms with Crippen molar-refractivity contribution in [3.8, 4) is 11.1 Å². The molecule has 2 aromatic rings. The lowest BCUT2D eigenvalue weighted by atomic mass is 9.78. The van der Waals surface area contributed by atoms with E-state index in [1.54, 1.807) is 0 Å². The lowest BCUT2D eigenvalue weighted by Gasteiger charge is -2.27. The van der Waals surface area contributed by atoms with Gasteiger partial charge in [0.05, 0.1) is 0 Å². The Morgan fingerprint density at radius 2 is 1.80 bits per heavy atom. The molecule has 7 heteroatoms. The molecule has 2 N–H and O–H groups in total. The van der Waals surface area contributed by atoms with Gasteiger partial charge in [-0.2, -0.15) is 0 Å². The van der Waals surface area contributed by atoms with Crippen LogP contribution in [0.25, 0.3) is 11.1 Å². The zero-order valence-corrected chi connectivity index (χ0v) is 21.1. The van der Waals surface area contributed by atoms with Crippen molar-refractivity contribution in [2.75, 3.05) is 19.7 Å². The van der Waals surface area contributed by atoms with Crippen LogP contribution < -0.4 is 5.32 Å². The fourth-order valence-corrected chi connectivity index (χ4v) is 6.41. The summed E-state index contributed by atoms with van der Waals surface area (Å²) in [7, 11) is 0. The normalized spacial score (nSPS) is 23.6. The van der Waals surface area contributed by atoms with E-state index >= 15 is 0 Å². The van der Waals surface area contributed by atoms with E-state index in [0.717, 1.165) is 41.8 Å². The number of amides is 1. The van der Waals surface area contributed by atoms with Crippen molar-refractivity contribution in [1.29, 1.82) is 0 Å². The van der Waals surface area contributed by atoms with E-state index in [1.165, 1.54) is 25.7 Å². The number of carboxylic acids is 1. The molecule has 2 aliphatic carbocycles. The number of hydrogen-bond donors (Lipinski definition) is 2. The van der Waals surface area contributed by atoms with Crippen LogP contribution in [0.15, 0.2) is 48.5 Å². The Morgan fingerprint density at radius 3 is 2.43 bits per heavy atom. The largest absolute Gasteiger partial charge is 0.480 e. The molecule has 3 aliphatic rings. The Hall–Kier alpha value is -2.57. The van der Waals surface area contributed by atoms with E-state index in [1.807, 2.05) is 24.3 Å². The van der Waals surface area contributed by atoms with Gasteiger partial charge in [-0.1, -0.05) is 61.9 Å². The summed E-state index contributed by atoms with van der Waals surface area (Å²) in [6.45, 7) is 4.55. The molecule has 0 radical (unpaired) electrons. The first-order chi connectivity index (χ1) is 16.4. The molecule has 0 unspecified atom stereocenters. The molecule has 0 aromatic heterocycles. The van der Waals surface area contributed by atoms with Gasteiger partial charge >= 0.3 is 12.1 Å². The minimum Gasteiger partial charge on any atom is -0.480 e. The second-order valence-electron chi connectivity index (χ2n) is 10.5. The van der Waals surface area contributed by atoms with E-state index in [0.29, 0.717) is 17.9 Å². The molecular formula is C28H35ClN2O4. The van der Waals surface area contributed by atoms with Crippen molar-refractivity contribution >= 4 is 24.5 Å². The third kappa shape index (κ3) is 5.34. The van der Waals surface area contributed by atoms with Crippen LogP contribution in [-0.2, 0) is 9.53 Å². The fourth-order valence-electron chi connectivity index (χ4n) is 6.41. The molecule has 0 spiro atoms. The summed E-state index contributed by atoms with van der Waals surface area (Å²) in [6.07, 6.45) is 5.56. The molecule has 3 atom stereocenters. The van der Waals surface area contributed by atoms with Crippen LogP contribution in [0.2, 0.25) is 0 Å². The van der Waals surface area contributed by atoms with E-state index in [2.05, 4.69) is 41.4 Å². The summed E-state index contributed by atoms with van der Waals surface area (Å²) < 4.78 is 5.55. The predicted molar refractivity (Wildman–Crippen MR) is 138 cm³/mol. The Kier molecular flexibility index (Phi) is 7.72. The number of nitrogens with one attached hydrogen (secondary N) is 1. The summed E-state index contributed by atoms with van der Waals surface area (Å²) in [6, 6.07) is 16.0. The molecule has 1 amide bonds. The monoisotopic (exact) mass is 498 g/mol. The van der Waals surface area contributed by atoms with Gasteiger partial charge in [0.15, 0.2) is 0 Å². The van der Waals surface area contributed by atoms with E-state index in [-0.39, 0.29) is 24.9 Å². The number of rotatable bonds is 8. The summed E-state index contributed by atoms with van der Waals surface area (Å²) in [5, 5.41) is 12.2. The van der Waals surface area contributed by atoms with Gasteiger partial charge in [0.2, 0.25) is 0 Å². The molecule has 188 valence electrons. The Labute approximate surface area is 213 Å². The lowest BCUT2D eigenvalue weighted by molar-refractivity contribution is -0.139. The first-order valence-corrected chi connectivity index (χ1v) is 12.5. The van der Waals surface area contributed by atoms with Crippen molar-refractivity contribution < 1.29 is 19.4 Å². The number of ether oxygens (including phenoxy) is 1. The van der Waals surface area contributed by atoms with Gasteiger partial charge in [0.25, 0.3) is 0 Å². The van der Waals surface area contributed by atoms with Gasteiger partial charge in [-0.25, -0.2) is 9.59 Å². The number of hydrogen-bond acceptors (Lipinski definition) is 4. The zero-order valence-electron chi connectivity index (χ0n) is 20.2. The maximum Gasteiger partial charge on any atom is 0.407 e. The number of aliphatic carboxylic acids is 1. The average molecular weight is 499 g/mol. The van der Waals surface area contributed by atoms with Crippen LogP contribution in [0.3, 0.4) is 0 Å². The molecule has 2 fully saturated rings. The third-order valence-corrected chi connectivity index (χ3v) is 8.02. The number of likely N-dealkylation sites (tertiary alicyclic amines) is 1. The smallest absolute Gasteiger partial charge is 0.407 e. The first kappa shape index (κ1) is 25.5. The highest BCUT2D eigenvalue weighted by Crippen LogP contribution is 2.45. The van der Waals surface area contributed by atoms with Gasteiger partial charge in [0, 0.05) is 18.5 Å². The predicted octanol–water partition coefficient (Wildman–Crippen LogP) is 5.44. The van der Waals surface area contributed by atoms with Crippen molar-refractivity contribution in [3.63, 3.8) is 0 Å². The maximum atomic E-state index is 12.5. The van der Waals surface area contributed by atoms with Crippen LogP contribution >= 0.6 is 12.4 Å². The Balaban J connectivity index is 0.00000289. The molecule has 1 heterocycles. The number of carbonyl (C=O) groups excluding carboxylic acids is 1. The summed E-state index contributed by atoms with van der Waals surface area (Å²) in [4.78, 5) is 26.9. The lowest BCUT2D eigenvalue weighted by Crippen LogP contribution is -2.42. The van der Waals surface area contributed by atoms with Crippen LogP contribution in [-0.4, -0.2) is 53.8 Å². The quantitative estimate of drug-likeness (QED) is 0.506. The average Bonchev–Trinajstić information content (AvgIpc) is 3.26. The molecule has 35 heavy (non-hydrogen) atoms. The number of alkyl carbamates (subject to hydrolysis) is 1. The number of nitrogens with zero attached hydrogens (tertiary/aromatic N) is 1. The number of benzene rings is 2. The summed E-state index contributed by atoms with van der Waals surface area (Å²) >= 11 is 0. The molecule has 1 saturated carbocycles. The number of halogens is 1. The van der Waals surface area contributed by atoms with E-state index < -0.39 is 18.1 Å². The van der Waals surface area contributed by atoms with Gasteiger partial charge in [-0.15, -0.1) is 12.4 Å². The van der Waals surface area contributed by atoms with Gasteiger partial charge in [0.1, 0.15) is 12.6 Å². The number of carboxylic acid groups (broad SMARTS) is 1. The van der Waals surface area contributed by atoms with Crippen LogP contribution in [0.4, 0.5) is 4.79 Å². The highest BCUT2D eigenvalue weighted by Gasteiger charge is 2.42. The second-order valence-corrected chi connectivity index (χ2v) is 10.5. The number of carbonyl (C=O) groups is 2. The maximum absolute atomic E-state index is 12.5. The first-order valence-electron chi connectivity index (χ1n) is 12.5. The van der Waals surface area contributed by atoms with Crippen molar-refractivity contribution in [2.45, 2.75) is 63.5 Å². The molecular weight excluding hydrogens is 464 g/mol. The van der Waals surface area contributed by atoms with Crippen molar-refractivity contribution in [1.82, 2.24) is 10.2 Å². The van der Waals surface area contributed by atoms with Crippen molar-refractivity contribution in [2.24, 2.45) is 5.41 Å². The Morgan fingerprint density at radius 1 is 1.14 bits per heavy atom. The minimum atomic E-state index is -1.01. The van der Waals surface area contributed by atoms with Gasteiger partial charge in [-0.05, 0) is 66.3 Å². The molecule has 2 aromatic carbocycles. The SMILES string of the molecule is C[C@]12CCC[C@H](C1)N(CCC[C@H](NC(=O)OCC1c3ccccc3-c3ccccc31)C(=O)O)C2.Cl. The van der Waals surface area contributed by atoms with Crippen LogP contribution in [0.1, 0.15) is 62.5 Å². The van der Waals surface area contributed by atoms with Gasteiger partial charge < -0.3 is 15.2 Å². The third-order valence-electron chi connectivity index (χ3n) is 8.02. The highest BCUT2D eigenvalue weighted by atomic mass is 35.5. The fraction of sp³-hybridized carbons (Fsp3) is 0.500. The molecule has 2 bridgehead atoms. The van der Waals surface area contributed by atoms with Crippen molar-refractivity contribution in [3.05, 3.63) is 59.7 Å². The van der Waals surface area contributed by atoms with Gasteiger partial charge in [-0.3, -0.25) is 4.90 Å². The summed E-state index contributed by atoms with van der Waals surface area (Å²) in [5.74, 6) is -1.06. The standard InChI is InChI=1S/C28H34N2O4.ClH/c1-28-14-6-8-19(16-28)30(18-28)15-7-13-25(26(31)32)29-27(33)34-17-24-22-11-4-2-9-20(22)21-10-3-5-12-23(21)24;/h2-5,9-12,19,24-25H,6-8,13-18H2,1H3,(H,29,33)(H,31,32);1H/t19-,25+,28+;/m1./s1. The topological polar surface area (TPSA) is 78.9 Å². The van der Waals surface area contributed by atoms with Crippen LogP contribution in [0.5, 0.6) is 0 Å².